The maximum atomic E-state index is 5.13. The van der Waals surface area contributed by atoms with E-state index in [4.69, 9.17) is 5.10 Å². The molecule has 0 unspecified atom stereocenters. The van der Waals surface area contributed by atoms with Crippen LogP contribution in [-0.2, 0) is 0 Å². The first kappa shape index (κ1) is 16.5. The Labute approximate surface area is 164 Å². The van der Waals surface area contributed by atoms with Gasteiger partial charge in [0.05, 0.1) is 17.7 Å². The summed E-state index contributed by atoms with van der Waals surface area (Å²) in [7, 11) is 0. The highest BCUT2D eigenvalue weighted by molar-refractivity contribution is 6.06. The second-order valence-electron chi connectivity index (χ2n) is 6.84. The summed E-state index contributed by atoms with van der Waals surface area (Å²) in [5.41, 5.74) is 4.46. The summed E-state index contributed by atoms with van der Waals surface area (Å²) in [5, 5.41) is 7.27. The first-order chi connectivity index (χ1) is 13.9. The molecule has 2 heterocycles. The van der Waals surface area contributed by atoms with Gasteiger partial charge in [-0.05, 0) is 23.3 Å². The van der Waals surface area contributed by atoms with E-state index in [9.17, 15) is 0 Å². The minimum Gasteiger partial charge on any atom is -0.326 e. The molecule has 28 heavy (non-hydrogen) atoms. The molecule has 4 aromatic rings. The van der Waals surface area contributed by atoms with E-state index in [1.165, 1.54) is 5.56 Å². The van der Waals surface area contributed by atoms with Crippen LogP contribution >= 0.6 is 0 Å². The van der Waals surface area contributed by atoms with Crippen molar-refractivity contribution in [2.75, 3.05) is 5.01 Å². The quantitative estimate of drug-likeness (QED) is 0.505. The van der Waals surface area contributed by atoms with Gasteiger partial charge < -0.3 is 4.57 Å². The molecule has 0 saturated heterocycles. The maximum absolute atomic E-state index is 5.13. The van der Waals surface area contributed by atoms with Crippen molar-refractivity contribution >= 4 is 11.4 Å². The zero-order valence-corrected chi connectivity index (χ0v) is 15.3. The number of rotatable bonds is 4. The molecule has 0 saturated carbocycles. The summed E-state index contributed by atoms with van der Waals surface area (Å²) in [6, 6.07) is 31.4. The first-order valence-corrected chi connectivity index (χ1v) is 9.42. The number of para-hydroxylation sites is 1. The lowest BCUT2D eigenvalue weighted by atomic mass is 9.92. The Morgan fingerprint density at radius 1 is 0.679 bits per heavy atom. The van der Waals surface area contributed by atoms with Crippen LogP contribution in [0.3, 0.4) is 0 Å². The maximum Gasteiger partial charge on any atom is 0.106 e. The van der Waals surface area contributed by atoms with Gasteiger partial charge in [0.1, 0.15) is 12.1 Å². The number of nitrogens with zero attached hydrogens (tertiary/aromatic N) is 4. The number of imidazole rings is 1. The number of anilines is 1. The van der Waals surface area contributed by atoms with E-state index in [0.29, 0.717) is 0 Å². The van der Waals surface area contributed by atoms with E-state index in [-0.39, 0.29) is 12.1 Å². The fraction of sp³-hybridized carbons (Fsp3) is 0.0833. The summed E-state index contributed by atoms with van der Waals surface area (Å²) in [4.78, 5) is 4.31. The molecule has 136 valence electrons. The monoisotopic (exact) mass is 364 g/mol. The van der Waals surface area contributed by atoms with Crippen LogP contribution in [0.15, 0.2) is 115 Å². The summed E-state index contributed by atoms with van der Waals surface area (Å²) in [5.74, 6) is 0. The van der Waals surface area contributed by atoms with Crippen LogP contribution in [0.25, 0.3) is 0 Å². The summed E-state index contributed by atoms with van der Waals surface area (Å²) >= 11 is 0. The zero-order valence-electron chi connectivity index (χ0n) is 15.3. The fourth-order valence-electron chi connectivity index (χ4n) is 3.87. The molecular weight excluding hydrogens is 344 g/mol. The lowest BCUT2D eigenvalue weighted by molar-refractivity contribution is 0.527. The molecule has 1 aliphatic heterocycles. The molecule has 3 aromatic carbocycles. The number of hydrogen-bond donors (Lipinski definition) is 0. The van der Waals surface area contributed by atoms with E-state index in [2.05, 4.69) is 93.4 Å². The minimum absolute atomic E-state index is 0.0208. The van der Waals surface area contributed by atoms with Gasteiger partial charge in [-0.2, -0.15) is 5.10 Å². The van der Waals surface area contributed by atoms with Gasteiger partial charge in [0, 0.05) is 12.4 Å². The van der Waals surface area contributed by atoms with Crippen molar-refractivity contribution in [2.45, 2.75) is 12.1 Å². The Morgan fingerprint density at radius 2 is 1.32 bits per heavy atom. The number of hydrogen-bond acceptors (Lipinski definition) is 3. The second-order valence-corrected chi connectivity index (χ2v) is 6.84. The molecule has 4 nitrogen and oxygen atoms in total. The third-order valence-electron chi connectivity index (χ3n) is 5.14. The highest BCUT2D eigenvalue weighted by Gasteiger charge is 2.40. The van der Waals surface area contributed by atoms with Gasteiger partial charge in [-0.15, -0.1) is 0 Å². The van der Waals surface area contributed by atoms with Crippen molar-refractivity contribution < 1.29 is 0 Å². The molecule has 0 spiro atoms. The predicted octanol–water partition coefficient (Wildman–Crippen LogP) is 5.09. The van der Waals surface area contributed by atoms with Crippen LogP contribution in [0, 0.1) is 0 Å². The van der Waals surface area contributed by atoms with Crippen LogP contribution < -0.4 is 5.01 Å². The average molecular weight is 364 g/mol. The Hall–Kier alpha value is -3.66. The normalized spacial score (nSPS) is 18.9. The molecule has 4 heteroatoms. The van der Waals surface area contributed by atoms with Gasteiger partial charge in [0.15, 0.2) is 0 Å². The van der Waals surface area contributed by atoms with Gasteiger partial charge in [-0.1, -0.05) is 78.9 Å². The molecular formula is C24H20N4. The SMILES string of the molecule is c1ccc(C2=NN(c3ccccc3)[C@H](c3ccccc3)[C@H]2n2ccnc2)cc1. The van der Waals surface area contributed by atoms with Crippen LogP contribution in [0.1, 0.15) is 23.2 Å². The van der Waals surface area contributed by atoms with Crippen molar-refractivity contribution in [2.24, 2.45) is 5.10 Å². The predicted molar refractivity (Wildman–Crippen MR) is 112 cm³/mol. The molecule has 0 bridgehead atoms. The zero-order chi connectivity index (χ0) is 18.8. The first-order valence-electron chi connectivity index (χ1n) is 9.42. The van der Waals surface area contributed by atoms with Crippen molar-refractivity contribution in [3.8, 4) is 0 Å². The fourth-order valence-corrected chi connectivity index (χ4v) is 3.87. The Bertz CT molecular complexity index is 1060. The van der Waals surface area contributed by atoms with Gasteiger partial charge >= 0.3 is 0 Å². The molecule has 2 atom stereocenters. The molecule has 1 aliphatic rings. The standard InChI is InChI=1S/C24H20N4/c1-4-10-19(11-5-1)22-24(27-17-16-25-18-27)23(20-12-6-2-7-13-20)28(26-22)21-14-8-3-9-15-21/h1-18,23-24H/t23-,24+/m1/s1. The Morgan fingerprint density at radius 3 is 1.96 bits per heavy atom. The third-order valence-corrected chi connectivity index (χ3v) is 5.14. The van der Waals surface area contributed by atoms with Gasteiger partial charge in [0.25, 0.3) is 0 Å². The van der Waals surface area contributed by atoms with Crippen molar-refractivity contribution in [1.82, 2.24) is 9.55 Å². The van der Waals surface area contributed by atoms with Crippen molar-refractivity contribution in [3.05, 3.63) is 121 Å². The smallest absolute Gasteiger partial charge is 0.106 e. The van der Waals surface area contributed by atoms with Crippen LogP contribution in [0.2, 0.25) is 0 Å². The van der Waals surface area contributed by atoms with Crippen LogP contribution in [0.4, 0.5) is 5.69 Å². The van der Waals surface area contributed by atoms with E-state index in [0.717, 1.165) is 17.0 Å². The largest absolute Gasteiger partial charge is 0.326 e. The van der Waals surface area contributed by atoms with Gasteiger partial charge in [-0.25, -0.2) is 4.98 Å². The topological polar surface area (TPSA) is 33.4 Å². The van der Waals surface area contributed by atoms with Crippen molar-refractivity contribution in [3.63, 3.8) is 0 Å². The molecule has 5 rings (SSSR count). The Balaban J connectivity index is 1.71. The second kappa shape index (κ2) is 7.16. The van der Waals surface area contributed by atoms with Gasteiger partial charge in [-0.3, -0.25) is 5.01 Å². The summed E-state index contributed by atoms with van der Waals surface area (Å²) in [6.07, 6.45) is 5.73. The Kier molecular flexibility index (Phi) is 4.22. The number of benzene rings is 3. The van der Waals surface area contributed by atoms with E-state index < -0.39 is 0 Å². The minimum atomic E-state index is 0.0208. The van der Waals surface area contributed by atoms with Crippen molar-refractivity contribution in [1.29, 1.82) is 0 Å². The number of aromatic nitrogens is 2. The molecule has 0 aliphatic carbocycles. The van der Waals surface area contributed by atoms with E-state index >= 15 is 0 Å². The lowest BCUT2D eigenvalue weighted by Crippen LogP contribution is -2.27. The summed E-state index contributed by atoms with van der Waals surface area (Å²) < 4.78 is 2.16. The van der Waals surface area contributed by atoms with E-state index in [1.54, 1.807) is 0 Å². The van der Waals surface area contributed by atoms with E-state index in [1.807, 2.05) is 30.9 Å². The molecule has 0 N–H and O–H groups in total. The average Bonchev–Trinajstić information content (AvgIpc) is 3.43. The summed E-state index contributed by atoms with van der Waals surface area (Å²) in [6.45, 7) is 0. The highest BCUT2D eigenvalue weighted by Crippen LogP contribution is 2.43. The molecule has 0 radical (unpaired) electrons. The van der Waals surface area contributed by atoms with Crippen LogP contribution in [0.5, 0.6) is 0 Å². The number of hydrazone groups is 1. The molecule has 1 aromatic heterocycles. The van der Waals surface area contributed by atoms with Crippen LogP contribution in [-0.4, -0.2) is 15.3 Å². The lowest BCUT2D eigenvalue weighted by Gasteiger charge is -2.29. The highest BCUT2D eigenvalue weighted by atomic mass is 15.5. The molecule has 0 amide bonds. The third kappa shape index (κ3) is 2.89. The molecule has 0 fully saturated rings. The van der Waals surface area contributed by atoms with Gasteiger partial charge in [0.2, 0.25) is 0 Å².